The smallest absolute Gasteiger partial charge is 0.309 e. The topological polar surface area (TPSA) is 55.8 Å². The van der Waals surface area contributed by atoms with E-state index in [9.17, 15) is 4.79 Å². The summed E-state index contributed by atoms with van der Waals surface area (Å²) < 4.78 is 11.5. The molecule has 0 unspecified atom stereocenters. The lowest BCUT2D eigenvalue weighted by molar-refractivity contribution is -0.146. The van der Waals surface area contributed by atoms with Gasteiger partial charge in [0.25, 0.3) is 0 Å². The first-order valence-electron chi connectivity index (χ1n) is 5.22. The number of benzene rings is 1. The summed E-state index contributed by atoms with van der Waals surface area (Å²) in [6, 6.07) is 3.66. The molecule has 1 aliphatic rings. The number of carboxylic acid groups (broad SMARTS) is 1. The highest BCUT2D eigenvalue weighted by molar-refractivity contribution is 9.10. The van der Waals surface area contributed by atoms with Gasteiger partial charge in [0.05, 0.1) is 5.41 Å². The first kappa shape index (κ1) is 12.2. The Bertz CT molecular complexity index is 468. The minimum Gasteiger partial charge on any atom is -0.481 e. The molecule has 0 saturated carbocycles. The maximum absolute atomic E-state index is 11.1. The minimum absolute atomic E-state index is 0.187. The molecule has 1 aliphatic heterocycles. The van der Waals surface area contributed by atoms with Gasteiger partial charge >= 0.3 is 5.97 Å². The van der Waals surface area contributed by atoms with E-state index in [1.54, 1.807) is 13.8 Å². The second-order valence-electron chi connectivity index (χ2n) is 4.63. The predicted molar refractivity (Wildman–Crippen MR) is 65.4 cm³/mol. The monoisotopic (exact) mass is 300 g/mol. The van der Waals surface area contributed by atoms with Crippen molar-refractivity contribution in [3.05, 3.63) is 22.2 Å². The van der Waals surface area contributed by atoms with Crippen LogP contribution >= 0.6 is 15.9 Å². The maximum Gasteiger partial charge on any atom is 0.309 e. The van der Waals surface area contributed by atoms with Crippen molar-refractivity contribution in [2.24, 2.45) is 5.41 Å². The standard InChI is InChI=1S/C12H13BrO4/c1-12(2,11(14)15)5-7-8(13)3-4-9-10(7)17-6-16-9/h3-4H,5-6H2,1-2H3,(H,14,15). The Labute approximate surface area is 108 Å². The molecule has 2 rings (SSSR count). The van der Waals surface area contributed by atoms with Crippen LogP contribution in [0.1, 0.15) is 19.4 Å². The molecule has 0 aliphatic carbocycles. The van der Waals surface area contributed by atoms with Crippen LogP contribution in [0.15, 0.2) is 16.6 Å². The van der Waals surface area contributed by atoms with Crippen molar-refractivity contribution in [1.82, 2.24) is 0 Å². The van der Waals surface area contributed by atoms with Crippen LogP contribution in [0.5, 0.6) is 11.5 Å². The zero-order valence-electron chi connectivity index (χ0n) is 9.62. The maximum atomic E-state index is 11.1. The van der Waals surface area contributed by atoms with E-state index in [2.05, 4.69) is 15.9 Å². The summed E-state index contributed by atoms with van der Waals surface area (Å²) in [6.07, 6.45) is 0.384. The molecule has 1 aromatic carbocycles. The van der Waals surface area contributed by atoms with Gasteiger partial charge in [0.2, 0.25) is 6.79 Å². The second-order valence-corrected chi connectivity index (χ2v) is 5.48. The fraction of sp³-hybridized carbons (Fsp3) is 0.417. The lowest BCUT2D eigenvalue weighted by atomic mass is 9.85. The zero-order chi connectivity index (χ0) is 12.6. The van der Waals surface area contributed by atoms with Crippen LogP contribution in [0.25, 0.3) is 0 Å². The Morgan fingerprint density at radius 1 is 1.47 bits per heavy atom. The Hall–Kier alpha value is -1.23. The Morgan fingerprint density at radius 2 is 2.18 bits per heavy atom. The number of halogens is 1. The second kappa shape index (κ2) is 4.22. The third-order valence-corrected chi connectivity index (χ3v) is 3.53. The molecule has 0 amide bonds. The van der Waals surface area contributed by atoms with Gasteiger partial charge in [0.1, 0.15) is 0 Å². The SMILES string of the molecule is CC(C)(Cc1c(Br)ccc2c1OCO2)C(=O)O. The van der Waals surface area contributed by atoms with E-state index in [-0.39, 0.29) is 6.79 Å². The molecule has 1 N–H and O–H groups in total. The third-order valence-electron chi connectivity index (χ3n) is 2.78. The molecule has 0 aromatic heterocycles. The lowest BCUT2D eigenvalue weighted by Gasteiger charge is -2.20. The van der Waals surface area contributed by atoms with Crippen molar-refractivity contribution in [3.8, 4) is 11.5 Å². The van der Waals surface area contributed by atoms with E-state index in [0.29, 0.717) is 17.9 Å². The molecular weight excluding hydrogens is 288 g/mol. The summed E-state index contributed by atoms with van der Waals surface area (Å²) >= 11 is 3.42. The van der Waals surface area contributed by atoms with Gasteiger partial charge in [0, 0.05) is 10.0 Å². The molecule has 0 spiro atoms. The van der Waals surface area contributed by atoms with Gasteiger partial charge in [-0.1, -0.05) is 15.9 Å². The number of rotatable bonds is 3. The largest absolute Gasteiger partial charge is 0.481 e. The number of ether oxygens (including phenoxy) is 2. The fourth-order valence-electron chi connectivity index (χ4n) is 1.69. The zero-order valence-corrected chi connectivity index (χ0v) is 11.2. The van der Waals surface area contributed by atoms with Gasteiger partial charge in [-0.05, 0) is 32.4 Å². The first-order valence-corrected chi connectivity index (χ1v) is 6.01. The molecule has 0 fully saturated rings. The van der Waals surface area contributed by atoms with Crippen LogP contribution < -0.4 is 9.47 Å². The van der Waals surface area contributed by atoms with Gasteiger partial charge in [-0.25, -0.2) is 0 Å². The van der Waals surface area contributed by atoms with Gasteiger partial charge < -0.3 is 14.6 Å². The Kier molecular flexibility index (Phi) is 3.03. The van der Waals surface area contributed by atoms with E-state index < -0.39 is 11.4 Å². The van der Waals surface area contributed by atoms with E-state index in [1.807, 2.05) is 12.1 Å². The molecule has 0 bridgehead atoms. The van der Waals surface area contributed by atoms with Crippen molar-refractivity contribution in [2.75, 3.05) is 6.79 Å². The van der Waals surface area contributed by atoms with Gasteiger partial charge in [-0.2, -0.15) is 0 Å². The van der Waals surface area contributed by atoms with Crippen LogP contribution in [0.2, 0.25) is 0 Å². The van der Waals surface area contributed by atoms with Crippen LogP contribution in [-0.2, 0) is 11.2 Å². The summed E-state index contributed by atoms with van der Waals surface area (Å²) in [5.41, 5.74) is -0.00347. The van der Waals surface area contributed by atoms with E-state index >= 15 is 0 Å². The van der Waals surface area contributed by atoms with E-state index in [0.717, 1.165) is 10.0 Å². The van der Waals surface area contributed by atoms with Gasteiger partial charge in [-0.15, -0.1) is 0 Å². The highest BCUT2D eigenvalue weighted by atomic mass is 79.9. The lowest BCUT2D eigenvalue weighted by Crippen LogP contribution is -2.26. The summed E-state index contributed by atoms with van der Waals surface area (Å²) in [4.78, 5) is 11.1. The number of aliphatic carboxylic acids is 1. The van der Waals surface area contributed by atoms with E-state index in [1.165, 1.54) is 0 Å². The first-order chi connectivity index (χ1) is 7.92. The highest BCUT2D eigenvalue weighted by Crippen LogP contribution is 2.42. The minimum atomic E-state index is -0.844. The number of carbonyl (C=O) groups is 1. The van der Waals surface area contributed by atoms with E-state index in [4.69, 9.17) is 14.6 Å². The summed E-state index contributed by atoms with van der Waals surface area (Å²) in [5, 5.41) is 9.15. The molecule has 5 heteroatoms. The quantitative estimate of drug-likeness (QED) is 0.932. The van der Waals surface area contributed by atoms with Gasteiger partial charge in [0.15, 0.2) is 11.5 Å². The predicted octanol–water partition coefficient (Wildman–Crippen LogP) is 2.83. The summed E-state index contributed by atoms with van der Waals surface area (Å²) in [7, 11) is 0. The van der Waals surface area contributed by atoms with Crippen molar-refractivity contribution >= 4 is 21.9 Å². The third kappa shape index (κ3) is 2.24. The van der Waals surface area contributed by atoms with Crippen LogP contribution in [-0.4, -0.2) is 17.9 Å². The fourth-order valence-corrected chi connectivity index (χ4v) is 2.14. The molecule has 1 heterocycles. The van der Waals surface area contributed by atoms with Crippen molar-refractivity contribution in [3.63, 3.8) is 0 Å². The molecule has 4 nitrogen and oxygen atoms in total. The number of hydrogen-bond acceptors (Lipinski definition) is 3. The molecule has 0 saturated heterocycles. The molecular formula is C12H13BrO4. The Morgan fingerprint density at radius 3 is 2.82 bits per heavy atom. The van der Waals surface area contributed by atoms with Crippen molar-refractivity contribution in [1.29, 1.82) is 0 Å². The molecule has 0 atom stereocenters. The van der Waals surface area contributed by atoms with Crippen molar-refractivity contribution in [2.45, 2.75) is 20.3 Å². The average molecular weight is 301 g/mol. The van der Waals surface area contributed by atoms with Crippen LogP contribution in [0.4, 0.5) is 0 Å². The van der Waals surface area contributed by atoms with Gasteiger partial charge in [-0.3, -0.25) is 4.79 Å². The normalized spacial score (nSPS) is 13.8. The Balaban J connectivity index is 2.39. The number of carboxylic acids is 1. The number of hydrogen-bond donors (Lipinski definition) is 1. The molecule has 17 heavy (non-hydrogen) atoms. The molecule has 92 valence electrons. The van der Waals surface area contributed by atoms with Crippen LogP contribution in [0, 0.1) is 5.41 Å². The highest BCUT2D eigenvalue weighted by Gasteiger charge is 2.31. The van der Waals surface area contributed by atoms with Crippen LogP contribution in [0.3, 0.4) is 0 Å². The summed E-state index contributed by atoms with van der Waals surface area (Å²) in [5.74, 6) is 0.485. The number of fused-ring (bicyclic) bond motifs is 1. The van der Waals surface area contributed by atoms with Crippen molar-refractivity contribution < 1.29 is 19.4 Å². The summed E-state index contributed by atoms with van der Waals surface area (Å²) in [6.45, 7) is 3.57. The molecule has 0 radical (unpaired) electrons. The molecule has 1 aromatic rings. The average Bonchev–Trinajstić information content (AvgIpc) is 2.70.